The highest BCUT2D eigenvalue weighted by Gasteiger charge is 2.42. The molecule has 16 heteroatoms. The van der Waals surface area contributed by atoms with E-state index < -0.39 is 50.1 Å². The van der Waals surface area contributed by atoms with Crippen molar-refractivity contribution in [3.63, 3.8) is 0 Å². The van der Waals surface area contributed by atoms with Gasteiger partial charge >= 0.3 is 11.9 Å². The highest BCUT2D eigenvalue weighted by molar-refractivity contribution is 6.73. The Kier molecular flexibility index (Phi) is 29.2. The van der Waals surface area contributed by atoms with Crippen LogP contribution >= 0.6 is 0 Å². The van der Waals surface area contributed by atoms with Crippen molar-refractivity contribution in [2.45, 2.75) is 143 Å². The summed E-state index contributed by atoms with van der Waals surface area (Å²) in [7, 11) is 5.63. The fraction of sp³-hybridized carbons (Fsp3) is 0.564. The quantitative estimate of drug-likeness (QED) is 0.0223. The summed E-state index contributed by atoms with van der Waals surface area (Å²) < 4.78 is 62.8. The van der Waals surface area contributed by atoms with Gasteiger partial charge in [-0.1, -0.05) is 109 Å². The Morgan fingerprint density at radius 3 is 1.46 bits per heavy atom. The van der Waals surface area contributed by atoms with Crippen LogP contribution < -0.4 is 0 Å². The number of methoxy groups -OCH3 is 5. The second kappa shape index (κ2) is 33.5. The van der Waals surface area contributed by atoms with Gasteiger partial charge in [-0.2, -0.15) is 0 Å². The van der Waals surface area contributed by atoms with Crippen LogP contribution in [-0.4, -0.2) is 116 Å². The first-order chi connectivity index (χ1) is 34.1. The van der Waals surface area contributed by atoms with Crippen LogP contribution in [0.3, 0.4) is 0 Å². The van der Waals surface area contributed by atoms with Gasteiger partial charge in [0.15, 0.2) is 31.5 Å². The van der Waals surface area contributed by atoms with Gasteiger partial charge in [-0.25, -0.2) is 19.6 Å². The molecule has 0 saturated heterocycles. The zero-order valence-corrected chi connectivity index (χ0v) is 45.6. The van der Waals surface area contributed by atoms with Crippen LogP contribution in [0.5, 0.6) is 0 Å². The molecule has 2 rings (SSSR count). The number of oxazole rings is 2. The SMILES string of the molecule is C/C=C/[C@H](OCOC)C(C)(C)[C@H](C/C=C\C#C/C=C/[C@@H](Cc1nc(C(=O)OC)co1)OC)OC(=O)c1coc(C[C@H](/C=C/C#C/C=C\C[C@H](O[Si](CC)(CC)CC)C(C)(C)[C@H](/C=C/C)OCOC)OC)n1. The second-order valence-corrected chi connectivity index (χ2v) is 22.4. The van der Waals surface area contributed by atoms with Gasteiger partial charge in [-0.3, -0.25) is 0 Å². The molecule has 0 aliphatic rings. The summed E-state index contributed by atoms with van der Waals surface area (Å²) in [5.74, 6) is 11.5. The van der Waals surface area contributed by atoms with Gasteiger partial charge < -0.3 is 51.2 Å². The molecule has 6 atom stereocenters. The summed E-state index contributed by atoms with van der Waals surface area (Å²) >= 11 is 0. The van der Waals surface area contributed by atoms with Crippen molar-refractivity contribution in [3.8, 4) is 23.7 Å². The number of hydrogen-bond acceptors (Lipinski definition) is 15. The molecule has 0 aromatic carbocycles. The minimum atomic E-state index is -1.95. The van der Waals surface area contributed by atoms with Crippen molar-refractivity contribution in [2.75, 3.05) is 49.1 Å². The number of hydrogen-bond donors (Lipinski definition) is 0. The van der Waals surface area contributed by atoms with Gasteiger partial charge in [0.2, 0.25) is 0 Å². The van der Waals surface area contributed by atoms with E-state index in [2.05, 4.69) is 85.2 Å². The van der Waals surface area contributed by atoms with Gasteiger partial charge in [0.25, 0.3) is 0 Å². The summed E-state index contributed by atoms with van der Waals surface area (Å²) in [6.45, 7) is 19.1. The lowest BCUT2D eigenvalue weighted by Gasteiger charge is -2.44. The van der Waals surface area contributed by atoms with Crippen molar-refractivity contribution < 1.29 is 60.7 Å². The molecule has 392 valence electrons. The maximum absolute atomic E-state index is 13.7. The van der Waals surface area contributed by atoms with Crippen LogP contribution in [0.1, 0.15) is 108 Å². The van der Waals surface area contributed by atoms with Crippen molar-refractivity contribution in [1.29, 1.82) is 0 Å². The van der Waals surface area contributed by atoms with Gasteiger partial charge in [-0.15, -0.1) is 0 Å². The zero-order valence-electron chi connectivity index (χ0n) is 44.6. The third-order valence-electron chi connectivity index (χ3n) is 12.3. The Labute approximate surface area is 424 Å². The zero-order chi connectivity index (χ0) is 52.7. The molecular formula is C55H80N2O13Si. The van der Waals surface area contributed by atoms with Crippen LogP contribution in [0.15, 0.2) is 94.3 Å². The van der Waals surface area contributed by atoms with E-state index in [1.54, 1.807) is 52.7 Å². The molecule has 0 spiro atoms. The van der Waals surface area contributed by atoms with E-state index in [0.717, 1.165) is 18.1 Å². The van der Waals surface area contributed by atoms with Crippen molar-refractivity contribution >= 4 is 20.3 Å². The summed E-state index contributed by atoms with van der Waals surface area (Å²) in [6, 6.07) is 3.13. The Hall–Kier alpha value is -5.14. The van der Waals surface area contributed by atoms with E-state index in [0.29, 0.717) is 24.6 Å². The van der Waals surface area contributed by atoms with Gasteiger partial charge in [0.05, 0.1) is 50.5 Å². The van der Waals surface area contributed by atoms with E-state index >= 15 is 0 Å². The molecule has 15 nitrogen and oxygen atoms in total. The average molecular weight is 1010 g/mol. The molecule has 0 unspecified atom stereocenters. The predicted octanol–water partition coefficient (Wildman–Crippen LogP) is 10.4. The van der Waals surface area contributed by atoms with E-state index in [-0.39, 0.29) is 55.4 Å². The van der Waals surface area contributed by atoms with E-state index in [1.165, 1.54) is 19.6 Å². The molecule has 0 amide bonds. The summed E-state index contributed by atoms with van der Waals surface area (Å²) in [5, 5.41) is 0. The lowest BCUT2D eigenvalue weighted by Crippen LogP contribution is -2.49. The number of esters is 2. The van der Waals surface area contributed by atoms with Crippen molar-refractivity contribution in [2.24, 2.45) is 10.8 Å². The Balaban J connectivity index is 2.20. The number of nitrogens with zero attached hydrogens (tertiary/aromatic N) is 2. The second-order valence-electron chi connectivity index (χ2n) is 17.7. The number of allylic oxidation sites excluding steroid dienone is 6. The van der Waals surface area contributed by atoms with Gasteiger partial charge in [0.1, 0.15) is 32.2 Å². The number of rotatable bonds is 32. The number of carbonyl (C=O) groups excluding carboxylic acids is 2. The molecular weight excluding hydrogens is 925 g/mol. The molecule has 2 aromatic rings. The minimum absolute atomic E-state index is 0.0160. The average Bonchev–Trinajstić information content (AvgIpc) is 4.05. The Morgan fingerprint density at radius 1 is 0.634 bits per heavy atom. The normalized spacial score (nSPS) is 15.3. The maximum atomic E-state index is 13.7. The predicted molar refractivity (Wildman–Crippen MR) is 277 cm³/mol. The third kappa shape index (κ3) is 20.9. The highest BCUT2D eigenvalue weighted by atomic mass is 28.4. The molecule has 2 heterocycles. The molecule has 0 aliphatic heterocycles. The smallest absolute Gasteiger partial charge is 0.360 e. The first kappa shape index (κ1) is 62.0. The fourth-order valence-corrected chi connectivity index (χ4v) is 10.4. The van der Waals surface area contributed by atoms with E-state index in [9.17, 15) is 9.59 Å². The first-order valence-electron chi connectivity index (χ1n) is 24.1. The first-order valence-corrected chi connectivity index (χ1v) is 26.6. The van der Waals surface area contributed by atoms with Crippen LogP contribution in [0, 0.1) is 34.5 Å². The van der Waals surface area contributed by atoms with Crippen LogP contribution in [-0.2, 0) is 55.2 Å². The Morgan fingerprint density at radius 2 is 1.06 bits per heavy atom. The summed E-state index contributed by atoms with van der Waals surface area (Å²) in [4.78, 5) is 34.0. The molecule has 71 heavy (non-hydrogen) atoms. The van der Waals surface area contributed by atoms with Crippen LogP contribution in [0.2, 0.25) is 18.1 Å². The lowest BCUT2D eigenvalue weighted by atomic mass is 9.78. The van der Waals surface area contributed by atoms with Crippen molar-refractivity contribution in [1.82, 2.24) is 9.97 Å². The monoisotopic (exact) mass is 1000 g/mol. The standard InChI is InChI=1S/C55H80N2O13Si/c1-15-30-46(67-40-60-10)54(6,7)48(34-28-24-20-22-26-32-42(62-12)36-50-56-44(38-65-50)52(58)64-14)69-53(59)45-39-66-51(57-45)37-43(63-13)33-27-23-21-25-29-35-49(70-71(17-3,18-4)19-5)55(8,9)47(31-16-2)68-41-61-11/h15-16,24-33,38-39,42-43,46-49H,17-19,34-37,40-41H2,1-14H3/b28-24-,29-25-,30-15+,31-16+,32-26+,33-27+/t42-,43-,46-,47-,48-,49-/m0/s1. The maximum Gasteiger partial charge on any atom is 0.360 e. The van der Waals surface area contributed by atoms with Crippen LogP contribution in [0.4, 0.5) is 0 Å². The van der Waals surface area contributed by atoms with E-state index in [1.807, 2.05) is 64.2 Å². The number of ether oxygens (including phenoxy) is 8. The highest BCUT2D eigenvalue weighted by Crippen LogP contribution is 2.38. The molecule has 0 fully saturated rings. The molecule has 0 N–H and O–H groups in total. The summed E-state index contributed by atoms with van der Waals surface area (Å²) in [6.07, 6.45) is 24.0. The number of aromatic nitrogens is 2. The molecule has 0 bridgehead atoms. The van der Waals surface area contributed by atoms with Gasteiger partial charge in [0, 0.05) is 45.7 Å². The largest absolute Gasteiger partial charge is 0.464 e. The third-order valence-corrected chi connectivity index (χ3v) is 16.9. The summed E-state index contributed by atoms with van der Waals surface area (Å²) in [5.41, 5.74) is -0.986. The van der Waals surface area contributed by atoms with Crippen molar-refractivity contribution in [3.05, 3.63) is 109 Å². The lowest BCUT2D eigenvalue weighted by molar-refractivity contribution is -0.121. The number of carbonyl (C=O) groups is 2. The molecule has 0 aliphatic carbocycles. The minimum Gasteiger partial charge on any atom is -0.464 e. The molecule has 0 radical (unpaired) electrons. The Bertz CT molecular complexity index is 2170. The molecule has 2 aromatic heterocycles. The van der Waals surface area contributed by atoms with E-state index in [4.69, 9.17) is 46.4 Å². The van der Waals surface area contributed by atoms with Gasteiger partial charge in [-0.05, 0) is 74.9 Å². The fourth-order valence-electron chi connectivity index (χ4n) is 7.44. The van der Waals surface area contributed by atoms with Crippen LogP contribution in [0.25, 0.3) is 0 Å². The topological polar surface area (TPSA) is 169 Å². The molecule has 0 saturated carbocycles.